The molecule has 0 aliphatic rings. The van der Waals surface area contributed by atoms with Crippen LogP contribution in [0.3, 0.4) is 0 Å². The van der Waals surface area contributed by atoms with Gasteiger partial charge in [-0.1, -0.05) is 19.1 Å². The Morgan fingerprint density at radius 1 is 1.17 bits per heavy atom. The Hall–Kier alpha value is -0.123. The van der Waals surface area contributed by atoms with E-state index >= 15 is 0 Å². The van der Waals surface area contributed by atoms with Gasteiger partial charge in [0.15, 0.2) is 0 Å². The molecular formula is C9H20O2Si. The van der Waals surface area contributed by atoms with E-state index in [4.69, 9.17) is 8.85 Å². The van der Waals surface area contributed by atoms with Gasteiger partial charge in [-0.15, -0.1) is 0 Å². The highest BCUT2D eigenvalue weighted by atomic mass is 28.4. The van der Waals surface area contributed by atoms with Crippen molar-refractivity contribution in [1.82, 2.24) is 0 Å². The lowest BCUT2D eigenvalue weighted by Gasteiger charge is -2.21. The summed E-state index contributed by atoms with van der Waals surface area (Å²) in [4.78, 5) is 0. The number of hydrogen-bond acceptors (Lipinski definition) is 2. The normalized spacial score (nSPS) is 12.7. The van der Waals surface area contributed by atoms with Crippen LogP contribution in [0.4, 0.5) is 0 Å². The van der Waals surface area contributed by atoms with Crippen molar-refractivity contribution in [2.45, 2.75) is 32.4 Å². The molecule has 0 amide bonds. The van der Waals surface area contributed by atoms with Gasteiger partial charge in [0, 0.05) is 14.2 Å². The molecule has 2 nitrogen and oxygen atoms in total. The zero-order valence-electron chi connectivity index (χ0n) is 8.59. The molecule has 0 bridgehead atoms. The van der Waals surface area contributed by atoms with Gasteiger partial charge < -0.3 is 8.85 Å². The van der Waals surface area contributed by atoms with Crippen LogP contribution < -0.4 is 0 Å². The van der Waals surface area contributed by atoms with E-state index in [0.717, 1.165) is 18.9 Å². The molecule has 0 saturated carbocycles. The van der Waals surface area contributed by atoms with Crippen molar-refractivity contribution < 1.29 is 8.85 Å². The summed E-state index contributed by atoms with van der Waals surface area (Å²) < 4.78 is 10.7. The Morgan fingerprint density at radius 3 is 2.17 bits per heavy atom. The van der Waals surface area contributed by atoms with Crippen LogP contribution in [0, 0.1) is 0 Å². The SMILES string of the molecule is CCC=CCC[Si](C)(OC)OC. The molecule has 0 aromatic rings. The Morgan fingerprint density at radius 2 is 1.75 bits per heavy atom. The lowest BCUT2D eigenvalue weighted by atomic mass is 10.4. The number of hydrogen-bond donors (Lipinski definition) is 0. The molecule has 0 aromatic heterocycles. The molecule has 0 fully saturated rings. The molecule has 0 aliphatic carbocycles. The highest BCUT2D eigenvalue weighted by molar-refractivity contribution is 6.65. The highest BCUT2D eigenvalue weighted by Gasteiger charge is 2.26. The molecule has 0 heterocycles. The average Bonchev–Trinajstić information content (AvgIpc) is 2.12. The first-order chi connectivity index (χ1) is 5.68. The van der Waals surface area contributed by atoms with E-state index in [1.807, 2.05) is 0 Å². The van der Waals surface area contributed by atoms with Gasteiger partial charge in [0.25, 0.3) is 0 Å². The largest absolute Gasteiger partial charge is 0.398 e. The van der Waals surface area contributed by atoms with Crippen LogP contribution in [0.2, 0.25) is 12.6 Å². The van der Waals surface area contributed by atoms with Crippen LogP contribution >= 0.6 is 0 Å². The van der Waals surface area contributed by atoms with Gasteiger partial charge in [0.2, 0.25) is 0 Å². The van der Waals surface area contributed by atoms with Crippen LogP contribution in [0.5, 0.6) is 0 Å². The minimum absolute atomic E-state index is 1.04. The van der Waals surface area contributed by atoms with E-state index in [2.05, 4.69) is 25.6 Å². The second-order valence-corrected chi connectivity index (χ2v) is 6.54. The maximum atomic E-state index is 5.35. The summed E-state index contributed by atoms with van der Waals surface area (Å²) in [6, 6.07) is 1.04. The highest BCUT2D eigenvalue weighted by Crippen LogP contribution is 2.13. The first kappa shape index (κ1) is 11.9. The lowest BCUT2D eigenvalue weighted by Crippen LogP contribution is -2.35. The summed E-state index contributed by atoms with van der Waals surface area (Å²) in [5.74, 6) is 0. The van der Waals surface area contributed by atoms with Crippen molar-refractivity contribution in [3.63, 3.8) is 0 Å². The van der Waals surface area contributed by atoms with Gasteiger partial charge in [-0.25, -0.2) is 0 Å². The summed E-state index contributed by atoms with van der Waals surface area (Å²) in [6.07, 6.45) is 6.56. The van der Waals surface area contributed by atoms with Crippen LogP contribution in [0.1, 0.15) is 19.8 Å². The average molecular weight is 188 g/mol. The van der Waals surface area contributed by atoms with E-state index in [-0.39, 0.29) is 0 Å². The fraction of sp³-hybridized carbons (Fsp3) is 0.778. The van der Waals surface area contributed by atoms with Crippen LogP contribution in [-0.2, 0) is 8.85 Å². The van der Waals surface area contributed by atoms with Crippen molar-refractivity contribution in [1.29, 1.82) is 0 Å². The molecule has 72 valence electrons. The Labute approximate surface area is 76.8 Å². The Kier molecular flexibility index (Phi) is 6.33. The van der Waals surface area contributed by atoms with Crippen LogP contribution in [0.25, 0.3) is 0 Å². The van der Waals surface area contributed by atoms with Crippen molar-refractivity contribution in [2.24, 2.45) is 0 Å². The van der Waals surface area contributed by atoms with Crippen molar-refractivity contribution in [2.75, 3.05) is 14.2 Å². The number of allylic oxidation sites excluding steroid dienone is 2. The second-order valence-electron chi connectivity index (χ2n) is 2.96. The minimum Gasteiger partial charge on any atom is -0.398 e. The minimum atomic E-state index is -1.80. The molecule has 0 rings (SSSR count). The van der Waals surface area contributed by atoms with E-state index in [0.29, 0.717) is 0 Å². The summed E-state index contributed by atoms with van der Waals surface area (Å²) in [5.41, 5.74) is 0. The molecule has 0 radical (unpaired) electrons. The quantitative estimate of drug-likeness (QED) is 0.471. The Bertz CT molecular complexity index is 130. The third-order valence-electron chi connectivity index (χ3n) is 2.03. The maximum absolute atomic E-state index is 5.35. The predicted octanol–water partition coefficient (Wildman–Crippen LogP) is 2.71. The topological polar surface area (TPSA) is 18.5 Å². The number of rotatable bonds is 6. The molecule has 12 heavy (non-hydrogen) atoms. The van der Waals surface area contributed by atoms with Gasteiger partial charge >= 0.3 is 8.56 Å². The van der Waals surface area contributed by atoms with Crippen molar-refractivity contribution in [3.8, 4) is 0 Å². The van der Waals surface area contributed by atoms with Gasteiger partial charge in [-0.3, -0.25) is 0 Å². The molecular weight excluding hydrogens is 168 g/mol. The molecule has 0 aliphatic heterocycles. The van der Waals surface area contributed by atoms with Gasteiger partial charge in [-0.2, -0.15) is 0 Å². The molecule has 0 N–H and O–H groups in total. The van der Waals surface area contributed by atoms with E-state index < -0.39 is 8.56 Å². The molecule has 0 unspecified atom stereocenters. The van der Waals surface area contributed by atoms with Crippen molar-refractivity contribution in [3.05, 3.63) is 12.2 Å². The fourth-order valence-corrected chi connectivity index (χ4v) is 2.18. The first-order valence-electron chi connectivity index (χ1n) is 4.44. The Balaban J connectivity index is 3.65. The molecule has 0 aromatic carbocycles. The van der Waals surface area contributed by atoms with Gasteiger partial charge in [0.05, 0.1) is 0 Å². The lowest BCUT2D eigenvalue weighted by molar-refractivity contribution is 0.250. The monoisotopic (exact) mass is 188 g/mol. The summed E-state index contributed by atoms with van der Waals surface area (Å²) in [6.45, 7) is 4.23. The third-order valence-corrected chi connectivity index (χ3v) is 4.96. The van der Waals surface area contributed by atoms with Gasteiger partial charge in [0.1, 0.15) is 0 Å². The maximum Gasteiger partial charge on any atom is 0.334 e. The molecule has 0 spiro atoms. The zero-order valence-corrected chi connectivity index (χ0v) is 9.59. The van der Waals surface area contributed by atoms with Crippen LogP contribution in [-0.4, -0.2) is 22.8 Å². The van der Waals surface area contributed by atoms with E-state index in [9.17, 15) is 0 Å². The summed E-state index contributed by atoms with van der Waals surface area (Å²) >= 11 is 0. The van der Waals surface area contributed by atoms with Crippen LogP contribution in [0.15, 0.2) is 12.2 Å². The first-order valence-corrected chi connectivity index (χ1v) is 6.96. The van der Waals surface area contributed by atoms with Gasteiger partial charge in [-0.05, 0) is 25.4 Å². The standard InChI is InChI=1S/C9H20O2Si/c1-5-6-7-8-9-12(4,10-2)11-3/h6-7H,5,8-9H2,1-4H3. The zero-order chi connectivity index (χ0) is 9.45. The van der Waals surface area contributed by atoms with E-state index in [1.165, 1.54) is 0 Å². The second kappa shape index (κ2) is 6.40. The predicted molar refractivity (Wildman–Crippen MR) is 54.5 cm³/mol. The fourth-order valence-electron chi connectivity index (χ4n) is 0.917. The molecule has 0 saturated heterocycles. The third kappa shape index (κ3) is 4.69. The molecule has 0 atom stereocenters. The molecule has 3 heteroatoms. The smallest absolute Gasteiger partial charge is 0.334 e. The summed E-state index contributed by atoms with van der Waals surface area (Å²) in [7, 11) is 1.67. The summed E-state index contributed by atoms with van der Waals surface area (Å²) in [5, 5.41) is 0. The van der Waals surface area contributed by atoms with Crippen molar-refractivity contribution >= 4 is 8.56 Å². The van der Waals surface area contributed by atoms with E-state index in [1.54, 1.807) is 14.2 Å².